The Hall–Kier alpha value is -2.21. The van der Waals surface area contributed by atoms with Crippen molar-refractivity contribution in [3.63, 3.8) is 0 Å². The van der Waals surface area contributed by atoms with E-state index in [2.05, 4.69) is 27.8 Å². The summed E-state index contributed by atoms with van der Waals surface area (Å²) in [4.78, 5) is 12.3. The molecule has 21 heavy (non-hydrogen) atoms. The van der Waals surface area contributed by atoms with Crippen LogP contribution in [0, 0.1) is 11.8 Å². The molecule has 0 aliphatic carbocycles. The summed E-state index contributed by atoms with van der Waals surface area (Å²) < 4.78 is 1.85. The van der Waals surface area contributed by atoms with Crippen LogP contribution in [0.25, 0.3) is 11.4 Å². The Morgan fingerprint density at radius 1 is 1.43 bits per heavy atom. The molecule has 1 saturated heterocycles. The molecule has 1 aliphatic heterocycles. The number of hydrogen-bond donors (Lipinski definition) is 2. The smallest absolute Gasteiger partial charge is 0.229 e. The number of aryl methyl sites for hydroxylation is 1. The van der Waals surface area contributed by atoms with E-state index in [1.165, 1.54) is 0 Å². The van der Waals surface area contributed by atoms with Gasteiger partial charge in [0.1, 0.15) is 6.33 Å². The van der Waals surface area contributed by atoms with Gasteiger partial charge in [-0.3, -0.25) is 4.79 Å². The Balaban J connectivity index is 1.77. The Morgan fingerprint density at radius 2 is 2.29 bits per heavy atom. The van der Waals surface area contributed by atoms with Gasteiger partial charge in [0.25, 0.3) is 0 Å². The maximum Gasteiger partial charge on any atom is 0.229 e. The van der Waals surface area contributed by atoms with Crippen molar-refractivity contribution in [2.75, 3.05) is 18.4 Å². The Bertz CT molecular complexity index is 651. The first kappa shape index (κ1) is 13.8. The fourth-order valence-corrected chi connectivity index (χ4v) is 2.68. The minimum Gasteiger partial charge on any atom is -0.326 e. The molecule has 2 aromatic rings. The Kier molecular flexibility index (Phi) is 3.70. The van der Waals surface area contributed by atoms with Crippen LogP contribution in [0.3, 0.4) is 0 Å². The quantitative estimate of drug-likeness (QED) is 0.891. The van der Waals surface area contributed by atoms with Gasteiger partial charge in [-0.15, -0.1) is 10.2 Å². The summed E-state index contributed by atoms with van der Waals surface area (Å²) in [6, 6.07) is 7.69. The second kappa shape index (κ2) is 5.65. The first-order valence-corrected chi connectivity index (χ1v) is 7.11. The molecule has 3 rings (SSSR count). The van der Waals surface area contributed by atoms with Crippen LogP contribution in [-0.4, -0.2) is 33.8 Å². The number of nitrogens with one attached hydrogen (secondary N) is 2. The zero-order valence-corrected chi connectivity index (χ0v) is 12.2. The highest BCUT2D eigenvalue weighted by Crippen LogP contribution is 2.22. The SMILES string of the molecule is CC1CNCC1C(=O)Nc1cccc(-c2nncn2C)c1. The van der Waals surface area contributed by atoms with E-state index >= 15 is 0 Å². The third-order valence-electron chi connectivity index (χ3n) is 3.95. The minimum absolute atomic E-state index is 0.0310. The molecule has 0 radical (unpaired) electrons. The van der Waals surface area contributed by atoms with E-state index in [1.54, 1.807) is 6.33 Å². The number of nitrogens with zero attached hydrogens (tertiary/aromatic N) is 3. The number of hydrogen-bond acceptors (Lipinski definition) is 4. The molecule has 1 aromatic heterocycles. The van der Waals surface area contributed by atoms with Gasteiger partial charge in [0.05, 0.1) is 5.92 Å². The van der Waals surface area contributed by atoms with Crippen molar-refractivity contribution in [3.05, 3.63) is 30.6 Å². The molecule has 110 valence electrons. The van der Waals surface area contributed by atoms with Crippen molar-refractivity contribution in [2.24, 2.45) is 18.9 Å². The topological polar surface area (TPSA) is 71.8 Å². The van der Waals surface area contributed by atoms with Crippen LogP contribution in [0.15, 0.2) is 30.6 Å². The largest absolute Gasteiger partial charge is 0.326 e. The van der Waals surface area contributed by atoms with Crippen LogP contribution >= 0.6 is 0 Å². The molecule has 1 amide bonds. The zero-order chi connectivity index (χ0) is 14.8. The molecule has 6 nitrogen and oxygen atoms in total. The van der Waals surface area contributed by atoms with Crippen molar-refractivity contribution in [3.8, 4) is 11.4 Å². The van der Waals surface area contributed by atoms with Crippen molar-refractivity contribution >= 4 is 11.6 Å². The highest BCUT2D eigenvalue weighted by molar-refractivity contribution is 5.93. The fourth-order valence-electron chi connectivity index (χ4n) is 2.68. The van der Waals surface area contributed by atoms with Crippen molar-refractivity contribution in [1.29, 1.82) is 0 Å². The summed E-state index contributed by atoms with van der Waals surface area (Å²) in [7, 11) is 1.90. The molecule has 0 spiro atoms. The average Bonchev–Trinajstić information content (AvgIpc) is 3.07. The lowest BCUT2D eigenvalue weighted by Gasteiger charge is -2.14. The van der Waals surface area contributed by atoms with Gasteiger partial charge in [0.2, 0.25) is 5.91 Å². The average molecular weight is 285 g/mol. The highest BCUT2D eigenvalue weighted by atomic mass is 16.1. The zero-order valence-electron chi connectivity index (χ0n) is 12.2. The van der Waals surface area contributed by atoms with Crippen molar-refractivity contribution in [1.82, 2.24) is 20.1 Å². The third kappa shape index (κ3) is 2.80. The molecule has 1 aromatic carbocycles. The van der Waals surface area contributed by atoms with Gasteiger partial charge in [0, 0.05) is 24.8 Å². The van der Waals surface area contributed by atoms with Gasteiger partial charge in [-0.25, -0.2) is 0 Å². The number of carbonyl (C=O) groups is 1. The van der Waals surface area contributed by atoms with Gasteiger partial charge in [-0.05, 0) is 24.6 Å². The lowest BCUT2D eigenvalue weighted by molar-refractivity contribution is -0.120. The van der Waals surface area contributed by atoms with Gasteiger partial charge >= 0.3 is 0 Å². The maximum absolute atomic E-state index is 12.3. The van der Waals surface area contributed by atoms with Crippen molar-refractivity contribution < 1.29 is 4.79 Å². The van der Waals surface area contributed by atoms with Gasteiger partial charge in [0.15, 0.2) is 5.82 Å². The maximum atomic E-state index is 12.3. The molecular weight excluding hydrogens is 266 g/mol. The lowest BCUT2D eigenvalue weighted by atomic mass is 9.97. The summed E-state index contributed by atoms with van der Waals surface area (Å²) in [5.74, 6) is 1.25. The normalized spacial score (nSPS) is 21.4. The summed E-state index contributed by atoms with van der Waals surface area (Å²) in [5, 5.41) is 14.2. The van der Waals surface area contributed by atoms with E-state index in [1.807, 2.05) is 35.9 Å². The summed E-state index contributed by atoms with van der Waals surface area (Å²) in [5.41, 5.74) is 1.73. The lowest BCUT2D eigenvalue weighted by Crippen LogP contribution is -2.27. The summed E-state index contributed by atoms with van der Waals surface area (Å²) in [6.45, 7) is 3.74. The molecule has 2 N–H and O–H groups in total. The monoisotopic (exact) mass is 285 g/mol. The number of anilines is 1. The van der Waals surface area contributed by atoms with E-state index in [-0.39, 0.29) is 11.8 Å². The van der Waals surface area contributed by atoms with E-state index in [9.17, 15) is 4.79 Å². The Labute approximate surface area is 123 Å². The summed E-state index contributed by atoms with van der Waals surface area (Å²) >= 11 is 0. The van der Waals surface area contributed by atoms with Crippen LogP contribution in [0.5, 0.6) is 0 Å². The van der Waals surface area contributed by atoms with Gasteiger partial charge < -0.3 is 15.2 Å². The fraction of sp³-hybridized carbons (Fsp3) is 0.400. The number of amides is 1. The van der Waals surface area contributed by atoms with Gasteiger partial charge in [-0.1, -0.05) is 19.1 Å². The minimum atomic E-state index is 0.0310. The molecule has 1 fully saturated rings. The number of rotatable bonds is 3. The predicted molar refractivity (Wildman–Crippen MR) is 80.6 cm³/mol. The third-order valence-corrected chi connectivity index (χ3v) is 3.95. The van der Waals surface area contributed by atoms with E-state index in [0.29, 0.717) is 5.92 Å². The van der Waals surface area contributed by atoms with Gasteiger partial charge in [-0.2, -0.15) is 0 Å². The predicted octanol–water partition coefficient (Wildman–Crippen LogP) is 1.28. The van der Waals surface area contributed by atoms with E-state index in [0.717, 1.165) is 30.2 Å². The van der Waals surface area contributed by atoms with E-state index < -0.39 is 0 Å². The van der Waals surface area contributed by atoms with Crippen LogP contribution in [0.1, 0.15) is 6.92 Å². The van der Waals surface area contributed by atoms with Crippen LogP contribution in [0.4, 0.5) is 5.69 Å². The van der Waals surface area contributed by atoms with Crippen molar-refractivity contribution in [2.45, 2.75) is 6.92 Å². The second-order valence-electron chi connectivity index (χ2n) is 5.58. The molecule has 2 unspecified atom stereocenters. The first-order valence-electron chi connectivity index (χ1n) is 7.11. The standard InChI is InChI=1S/C15H19N5O/c1-10-7-16-8-13(10)15(21)18-12-5-3-4-11(6-12)14-19-17-9-20(14)2/h3-6,9-10,13,16H,7-8H2,1-2H3,(H,18,21). The number of carbonyl (C=O) groups excluding carboxylic acids is 1. The Morgan fingerprint density at radius 3 is 2.95 bits per heavy atom. The number of aromatic nitrogens is 3. The second-order valence-corrected chi connectivity index (χ2v) is 5.58. The molecule has 2 heterocycles. The van der Waals surface area contributed by atoms with Crippen LogP contribution in [-0.2, 0) is 11.8 Å². The molecular formula is C15H19N5O. The van der Waals surface area contributed by atoms with Crippen LogP contribution in [0.2, 0.25) is 0 Å². The highest BCUT2D eigenvalue weighted by Gasteiger charge is 2.29. The number of benzene rings is 1. The molecule has 6 heteroatoms. The first-order chi connectivity index (χ1) is 10.1. The molecule has 2 atom stereocenters. The summed E-state index contributed by atoms with van der Waals surface area (Å²) in [6.07, 6.45) is 1.66. The molecule has 0 bridgehead atoms. The molecule has 1 aliphatic rings. The molecule has 0 saturated carbocycles. The van der Waals surface area contributed by atoms with E-state index in [4.69, 9.17) is 0 Å². The van der Waals surface area contributed by atoms with Crippen LogP contribution < -0.4 is 10.6 Å².